The van der Waals surface area contributed by atoms with Crippen molar-refractivity contribution in [3.8, 4) is 0 Å². The second kappa shape index (κ2) is 48.1. The highest BCUT2D eigenvalue weighted by Gasteiger charge is 2.35. The van der Waals surface area contributed by atoms with Crippen molar-refractivity contribution in [3.63, 3.8) is 0 Å². The Kier molecular flexibility index (Phi) is 40.9. The molecule has 12 atom stereocenters. The van der Waals surface area contributed by atoms with Gasteiger partial charge in [-0.2, -0.15) is 0 Å². The summed E-state index contributed by atoms with van der Waals surface area (Å²) >= 11 is 0. The van der Waals surface area contributed by atoms with Crippen LogP contribution in [0.4, 0.5) is 0 Å². The third kappa shape index (κ3) is 34.8. The SMILES string of the molecule is C[C@@H]1NC(=O)CNC(=O)[C@H]([C@@H](C)O)NC(=O)[C@H](Cc2ccccc2)NC(=O)CNC(=O)CNC(=O)[C@H](Cc2ccccc2)NC(=O)[C@@H](N)CSSC[C@@H](C(=O)N[C@@H](C)C(=O)N[C@@H](CCCN=C(N)N)C(=O)N[C@@H](CCCCN)C(N)=O)NC(=O)[C@H](CCCCN)NC(=O)[C@H](CCCN=C(N)N)NC1=O. The molecular weight excluding hydrogens is 1390 g/mol. The predicted molar refractivity (Wildman–Crippen MR) is 389 cm³/mol. The van der Waals surface area contributed by atoms with Gasteiger partial charge in [-0.15, -0.1) is 0 Å². The van der Waals surface area contributed by atoms with Crippen molar-refractivity contribution < 1.29 is 72.2 Å². The minimum Gasteiger partial charge on any atom is -0.391 e. The topological polar surface area (TPSA) is 648 Å². The summed E-state index contributed by atoms with van der Waals surface area (Å²) in [6, 6.07) is 1.10. The number of nitrogens with two attached hydrogens (primary N) is 8. The number of aliphatic hydroxyl groups excluding tert-OH is 1. The molecule has 40 heteroatoms. The molecule has 0 aliphatic carbocycles. The maximum atomic E-state index is 14.7. The smallest absolute Gasteiger partial charge is 0.245 e. The Bertz CT molecular complexity index is 3240. The van der Waals surface area contributed by atoms with E-state index in [2.05, 4.69) is 79.1 Å². The summed E-state index contributed by atoms with van der Waals surface area (Å²) in [5.74, 6) is -13.8. The van der Waals surface area contributed by atoms with Gasteiger partial charge in [0.15, 0.2) is 11.9 Å². The lowest BCUT2D eigenvalue weighted by Crippen LogP contribution is -2.60. The zero-order chi connectivity index (χ0) is 77.3. The Morgan fingerprint density at radius 1 is 0.510 bits per heavy atom. The summed E-state index contributed by atoms with van der Waals surface area (Å²) in [5, 5.41) is 43.2. The average Bonchev–Trinajstić information content (AvgIpc) is 0.874. The van der Waals surface area contributed by atoms with Gasteiger partial charge in [-0.3, -0.25) is 77.1 Å². The fourth-order valence-electron chi connectivity index (χ4n) is 9.84. The van der Waals surface area contributed by atoms with Gasteiger partial charge in [-0.1, -0.05) is 82.3 Å². The van der Waals surface area contributed by atoms with Gasteiger partial charge in [0, 0.05) is 37.4 Å². The monoisotopic (exact) mass is 1500 g/mol. The fraction of sp³-hybridized carbons (Fsp3) is 0.562. The third-order valence-electron chi connectivity index (χ3n) is 15.6. The van der Waals surface area contributed by atoms with Gasteiger partial charge in [0.2, 0.25) is 82.7 Å². The summed E-state index contributed by atoms with van der Waals surface area (Å²) in [5.41, 5.74) is 46.7. The number of unbranched alkanes of at least 4 members (excludes halogenated alkanes) is 2. The molecule has 0 bridgehead atoms. The normalized spacial score (nSPS) is 22.0. The maximum absolute atomic E-state index is 14.7. The summed E-state index contributed by atoms with van der Waals surface area (Å²) in [4.78, 5) is 201. The number of nitrogens with zero attached hydrogens (tertiary/aromatic N) is 2. The van der Waals surface area contributed by atoms with Crippen LogP contribution in [-0.2, 0) is 80.0 Å². The summed E-state index contributed by atoms with van der Waals surface area (Å²) < 4.78 is 0. The van der Waals surface area contributed by atoms with Crippen molar-refractivity contribution in [1.82, 2.24) is 69.1 Å². The first-order valence-electron chi connectivity index (χ1n) is 33.8. The molecule has 14 amide bonds. The van der Waals surface area contributed by atoms with Crippen LogP contribution < -0.4 is 115 Å². The van der Waals surface area contributed by atoms with E-state index in [4.69, 9.17) is 45.9 Å². The second-order valence-corrected chi connectivity index (χ2v) is 26.9. The highest BCUT2D eigenvalue weighted by Crippen LogP contribution is 2.23. The van der Waals surface area contributed by atoms with E-state index in [1.54, 1.807) is 60.7 Å². The van der Waals surface area contributed by atoms with Gasteiger partial charge in [-0.25, -0.2) is 0 Å². The molecule has 1 aliphatic rings. The lowest BCUT2D eigenvalue weighted by atomic mass is 10.0. The molecule has 1 heterocycles. The summed E-state index contributed by atoms with van der Waals surface area (Å²) in [7, 11) is 1.90. The van der Waals surface area contributed by atoms with Crippen LogP contribution in [0.15, 0.2) is 70.6 Å². The first kappa shape index (κ1) is 88.3. The van der Waals surface area contributed by atoms with E-state index < -0.39 is 175 Å². The van der Waals surface area contributed by atoms with Gasteiger partial charge in [0.05, 0.1) is 31.8 Å². The van der Waals surface area contributed by atoms with E-state index in [0.29, 0.717) is 36.9 Å². The molecule has 1 saturated heterocycles. The van der Waals surface area contributed by atoms with Crippen LogP contribution in [0.25, 0.3) is 0 Å². The number of hydrogen-bond donors (Lipinski definition) is 22. The van der Waals surface area contributed by atoms with E-state index in [9.17, 15) is 72.2 Å². The second-order valence-electron chi connectivity index (χ2n) is 24.4. The number of carbonyl (C=O) groups excluding carboxylic acids is 14. The molecule has 0 radical (unpaired) electrons. The van der Waals surface area contributed by atoms with Gasteiger partial charge in [-0.05, 0) is 109 Å². The number of amides is 14. The van der Waals surface area contributed by atoms with E-state index in [1.807, 2.05) is 0 Å². The number of guanidine groups is 2. The van der Waals surface area contributed by atoms with Crippen LogP contribution >= 0.6 is 21.6 Å². The van der Waals surface area contributed by atoms with E-state index >= 15 is 0 Å². The number of aliphatic hydroxyl groups is 1. The molecular formula is C64H103N23O15S2. The van der Waals surface area contributed by atoms with Gasteiger partial charge in [0.1, 0.15) is 60.4 Å². The largest absolute Gasteiger partial charge is 0.391 e. The number of hydrogen-bond acceptors (Lipinski definition) is 22. The number of primary amides is 1. The fourth-order valence-corrected chi connectivity index (χ4v) is 12.1. The minimum absolute atomic E-state index is 0.0344. The van der Waals surface area contributed by atoms with Gasteiger partial charge < -0.3 is 120 Å². The Labute approximate surface area is 610 Å². The highest BCUT2D eigenvalue weighted by molar-refractivity contribution is 8.76. The molecule has 104 heavy (non-hydrogen) atoms. The molecule has 2 aromatic rings. The molecule has 3 rings (SSSR count). The number of rotatable bonds is 28. The zero-order valence-corrected chi connectivity index (χ0v) is 60.2. The molecule has 0 aromatic heterocycles. The van der Waals surface area contributed by atoms with Crippen LogP contribution in [0.1, 0.15) is 96.1 Å². The Morgan fingerprint density at radius 3 is 1.58 bits per heavy atom. The van der Waals surface area contributed by atoms with Gasteiger partial charge in [0.25, 0.3) is 0 Å². The van der Waals surface area contributed by atoms with Crippen LogP contribution in [0.3, 0.4) is 0 Å². The Hall–Kier alpha value is -9.90. The standard InChI is InChI=1S/C64H103N23O15S2/c1-35-53(93)82-44(23-15-27-74-64(71)72)58(98)84-42(21-11-13-25-66)59(99)86-47(61(101)79-36(2)54(94)83-43(22-14-26-73-63(69)70)57(97)81-41(52(68)92)20-10-12-24-65)34-104-103-33-40(67)55(95)85-45(28-38-16-6-4-7-17-38)56(96)76-30-48(89)75-31-50(91)80-46(29-39-18-8-5-9-19-39)60(100)87-51(37(3)88)62(102)77-32-49(90)78-35/h4-9,16-19,35-37,40-47,51,88H,10-15,20-34,65-67H2,1-3H3,(H2,68,92)(H,75,89)(H,76,96)(H,77,102)(H,78,90)(H,79,101)(H,80,91)(H,81,97)(H,82,93)(H,83,94)(H,84,98)(H,85,95)(H,86,99)(H,87,100)(H4,69,70,73)(H4,71,72,74)/t35-,36-,37+,40-,41-,42-,43-,44-,45-,46-,47-,51-/m0/s1. The first-order valence-corrected chi connectivity index (χ1v) is 36.3. The molecule has 0 saturated carbocycles. The summed E-state index contributed by atoms with van der Waals surface area (Å²) in [6.07, 6.45) is -0.314. The lowest BCUT2D eigenvalue weighted by molar-refractivity contribution is -0.135. The minimum atomic E-state index is -1.74. The zero-order valence-electron chi connectivity index (χ0n) is 58.5. The van der Waals surface area contributed by atoms with Crippen LogP contribution in [0.2, 0.25) is 0 Å². The quantitative estimate of drug-likeness (QED) is 0.0163. The maximum Gasteiger partial charge on any atom is 0.245 e. The first-order chi connectivity index (χ1) is 49.4. The van der Waals surface area contributed by atoms with Crippen molar-refractivity contribution in [2.24, 2.45) is 55.9 Å². The molecule has 0 spiro atoms. The number of benzene rings is 2. The van der Waals surface area contributed by atoms with E-state index in [0.717, 1.165) is 21.6 Å². The third-order valence-corrected chi connectivity index (χ3v) is 18.1. The number of aliphatic imine (C=N–C) groups is 2. The molecule has 576 valence electrons. The Morgan fingerprint density at radius 2 is 0.990 bits per heavy atom. The van der Waals surface area contributed by atoms with Crippen molar-refractivity contribution in [1.29, 1.82) is 0 Å². The van der Waals surface area contributed by atoms with E-state index in [1.165, 1.54) is 20.8 Å². The average molecular weight is 1500 g/mol. The molecule has 0 unspecified atom stereocenters. The van der Waals surface area contributed by atoms with Crippen molar-refractivity contribution in [2.75, 3.05) is 57.3 Å². The number of carbonyl (C=O) groups is 14. The molecule has 1 aliphatic heterocycles. The lowest BCUT2D eigenvalue weighted by Gasteiger charge is -2.27. The van der Waals surface area contributed by atoms with Crippen LogP contribution in [-0.4, -0.2) is 230 Å². The predicted octanol–water partition coefficient (Wildman–Crippen LogP) is -8.34. The van der Waals surface area contributed by atoms with Crippen molar-refractivity contribution in [2.45, 2.75) is 170 Å². The van der Waals surface area contributed by atoms with E-state index in [-0.39, 0.29) is 101 Å². The number of nitrogens with one attached hydrogen (secondary N) is 13. The molecule has 30 N–H and O–H groups in total. The molecule has 38 nitrogen and oxygen atoms in total. The highest BCUT2D eigenvalue weighted by atomic mass is 33.1. The van der Waals surface area contributed by atoms with Crippen molar-refractivity contribution >= 4 is 116 Å². The molecule has 1 fully saturated rings. The van der Waals surface area contributed by atoms with Crippen molar-refractivity contribution in [3.05, 3.63) is 71.8 Å². The summed E-state index contributed by atoms with van der Waals surface area (Å²) in [6.45, 7) is 1.92. The Balaban J connectivity index is 2.10. The van der Waals surface area contributed by atoms with Crippen LogP contribution in [0, 0.1) is 0 Å². The van der Waals surface area contributed by atoms with Gasteiger partial charge >= 0.3 is 0 Å². The van der Waals surface area contributed by atoms with Crippen LogP contribution in [0.5, 0.6) is 0 Å². The molecule has 2 aromatic carbocycles.